The number of para-hydroxylation sites is 1. The molecule has 1 amide bonds. The van der Waals surface area contributed by atoms with Crippen LogP contribution in [0.1, 0.15) is 31.9 Å². The van der Waals surface area contributed by atoms with Crippen LogP contribution in [0.2, 0.25) is 0 Å². The molecule has 0 aliphatic carbocycles. The van der Waals surface area contributed by atoms with Crippen LogP contribution in [0.5, 0.6) is 0 Å². The summed E-state index contributed by atoms with van der Waals surface area (Å²) in [4.78, 5) is 12.3. The highest BCUT2D eigenvalue weighted by Crippen LogP contribution is 2.34. The molecule has 0 radical (unpaired) electrons. The molecule has 7 heteroatoms. The smallest absolute Gasteiger partial charge is 0.374 e. The fraction of sp³-hybridized carbons (Fsp3) is 0.350. The maximum absolute atomic E-state index is 13.0. The lowest BCUT2D eigenvalue weighted by Gasteiger charge is -2.18. The van der Waals surface area contributed by atoms with E-state index in [2.05, 4.69) is 10.6 Å². The number of carbonyl (C=O) groups excluding carboxylic acids is 1. The van der Waals surface area contributed by atoms with Gasteiger partial charge in [0.05, 0.1) is 24.0 Å². The van der Waals surface area contributed by atoms with Crippen molar-refractivity contribution >= 4 is 17.3 Å². The van der Waals surface area contributed by atoms with Crippen molar-refractivity contribution in [3.63, 3.8) is 0 Å². The third kappa shape index (κ3) is 6.29. The van der Waals surface area contributed by atoms with Crippen LogP contribution in [0.4, 0.5) is 24.5 Å². The van der Waals surface area contributed by atoms with Crippen LogP contribution < -0.4 is 10.6 Å². The maximum atomic E-state index is 13.0. The molecule has 4 nitrogen and oxygen atoms in total. The number of benzene rings is 2. The predicted molar refractivity (Wildman–Crippen MR) is 99.5 cm³/mol. The number of carbonyl (C=O) groups is 1. The SMILES string of the molecule is CC(C)OCc1cccc(NC(C)C(=O)Nc2ccccc2C(F)(F)F)c1. The second-order valence-corrected chi connectivity index (χ2v) is 6.46. The number of halogens is 3. The Kier molecular flexibility index (Phi) is 6.85. The Morgan fingerprint density at radius 1 is 1.07 bits per heavy atom. The molecule has 2 aromatic rings. The first-order valence-electron chi connectivity index (χ1n) is 8.61. The van der Waals surface area contributed by atoms with Gasteiger partial charge in [-0.2, -0.15) is 13.2 Å². The zero-order valence-electron chi connectivity index (χ0n) is 15.4. The Morgan fingerprint density at radius 2 is 1.78 bits per heavy atom. The Balaban J connectivity index is 2.04. The van der Waals surface area contributed by atoms with Crippen LogP contribution in [-0.4, -0.2) is 18.1 Å². The van der Waals surface area contributed by atoms with E-state index in [4.69, 9.17) is 4.74 Å². The van der Waals surface area contributed by atoms with Crippen LogP contribution in [0, 0.1) is 0 Å². The van der Waals surface area contributed by atoms with Gasteiger partial charge in [-0.05, 0) is 50.6 Å². The average molecular weight is 380 g/mol. The lowest BCUT2D eigenvalue weighted by Crippen LogP contribution is -2.32. The van der Waals surface area contributed by atoms with Crippen LogP contribution >= 0.6 is 0 Å². The van der Waals surface area contributed by atoms with E-state index in [0.29, 0.717) is 12.3 Å². The van der Waals surface area contributed by atoms with Crippen molar-refractivity contribution in [2.24, 2.45) is 0 Å². The summed E-state index contributed by atoms with van der Waals surface area (Å²) in [6.45, 7) is 5.90. The molecule has 2 rings (SSSR count). The number of anilines is 2. The van der Waals surface area contributed by atoms with Crippen molar-refractivity contribution in [3.8, 4) is 0 Å². The molecular weight excluding hydrogens is 357 g/mol. The molecule has 2 aromatic carbocycles. The Labute approximate surface area is 156 Å². The van der Waals surface area contributed by atoms with E-state index < -0.39 is 23.7 Å². The summed E-state index contributed by atoms with van der Waals surface area (Å²) in [5.74, 6) is -0.560. The van der Waals surface area contributed by atoms with E-state index in [1.807, 2.05) is 32.0 Å². The van der Waals surface area contributed by atoms with Crippen molar-refractivity contribution in [3.05, 3.63) is 59.7 Å². The first-order valence-corrected chi connectivity index (χ1v) is 8.61. The van der Waals surface area contributed by atoms with Crippen LogP contribution in [-0.2, 0) is 22.3 Å². The molecule has 0 saturated heterocycles. The number of amides is 1. The fourth-order valence-electron chi connectivity index (χ4n) is 2.41. The van der Waals surface area contributed by atoms with Crippen LogP contribution in [0.25, 0.3) is 0 Å². The molecule has 0 saturated carbocycles. The molecular formula is C20H23F3N2O2. The van der Waals surface area contributed by atoms with E-state index in [0.717, 1.165) is 11.6 Å². The van der Waals surface area contributed by atoms with Crippen molar-refractivity contribution in [2.75, 3.05) is 10.6 Å². The van der Waals surface area contributed by atoms with Gasteiger partial charge in [0, 0.05) is 5.69 Å². The Hall–Kier alpha value is -2.54. The standard InChI is InChI=1S/C20H23F3N2O2/c1-13(2)27-12-15-7-6-8-16(11-15)24-14(3)19(26)25-18-10-5-4-9-17(18)20(21,22)23/h4-11,13-14,24H,12H2,1-3H3,(H,25,26). The molecule has 0 spiro atoms. The third-order valence-electron chi connectivity index (χ3n) is 3.78. The molecule has 1 unspecified atom stereocenters. The van der Waals surface area contributed by atoms with E-state index in [9.17, 15) is 18.0 Å². The fourth-order valence-corrected chi connectivity index (χ4v) is 2.41. The number of nitrogens with one attached hydrogen (secondary N) is 2. The van der Waals surface area contributed by atoms with Crippen molar-refractivity contribution < 1.29 is 22.7 Å². The van der Waals surface area contributed by atoms with Gasteiger partial charge in [0.25, 0.3) is 0 Å². The van der Waals surface area contributed by atoms with E-state index in [-0.39, 0.29) is 11.8 Å². The quantitative estimate of drug-likeness (QED) is 0.705. The molecule has 0 aliphatic heterocycles. The molecule has 27 heavy (non-hydrogen) atoms. The lowest BCUT2D eigenvalue weighted by atomic mass is 10.1. The first kappa shape index (κ1) is 20.8. The number of hydrogen-bond acceptors (Lipinski definition) is 3. The molecule has 146 valence electrons. The monoisotopic (exact) mass is 380 g/mol. The van der Waals surface area contributed by atoms with Gasteiger partial charge in [-0.3, -0.25) is 4.79 Å². The molecule has 0 aromatic heterocycles. The van der Waals surface area contributed by atoms with Crippen LogP contribution in [0.3, 0.4) is 0 Å². The summed E-state index contributed by atoms with van der Waals surface area (Å²) in [5, 5.41) is 5.34. The summed E-state index contributed by atoms with van der Waals surface area (Å²) in [6, 6.07) is 11.5. The number of rotatable bonds is 7. The first-order chi connectivity index (χ1) is 12.7. The summed E-state index contributed by atoms with van der Waals surface area (Å²) in [7, 11) is 0. The normalized spacial score (nSPS) is 12.7. The average Bonchev–Trinajstić information content (AvgIpc) is 2.59. The van der Waals surface area contributed by atoms with Crippen LogP contribution in [0.15, 0.2) is 48.5 Å². The van der Waals surface area contributed by atoms with Gasteiger partial charge in [-0.1, -0.05) is 24.3 Å². The van der Waals surface area contributed by atoms with Gasteiger partial charge in [0.2, 0.25) is 5.91 Å². The minimum absolute atomic E-state index is 0.0972. The van der Waals surface area contributed by atoms with Gasteiger partial charge in [-0.15, -0.1) is 0 Å². The molecule has 0 heterocycles. The summed E-state index contributed by atoms with van der Waals surface area (Å²) < 4.78 is 44.7. The van der Waals surface area contributed by atoms with Gasteiger partial charge in [0.15, 0.2) is 0 Å². The number of alkyl halides is 3. The van der Waals surface area contributed by atoms with E-state index >= 15 is 0 Å². The largest absolute Gasteiger partial charge is 0.418 e. The number of hydrogen-bond donors (Lipinski definition) is 2. The van der Waals surface area contributed by atoms with Crippen molar-refractivity contribution in [1.82, 2.24) is 0 Å². The molecule has 0 bridgehead atoms. The van der Waals surface area contributed by atoms with Gasteiger partial charge >= 0.3 is 6.18 Å². The summed E-state index contributed by atoms with van der Waals surface area (Å²) in [6.07, 6.45) is -4.44. The predicted octanol–water partition coefficient (Wildman–Crippen LogP) is 5.07. The van der Waals surface area contributed by atoms with E-state index in [1.165, 1.54) is 18.2 Å². The second-order valence-electron chi connectivity index (χ2n) is 6.46. The Morgan fingerprint density at radius 3 is 2.44 bits per heavy atom. The van der Waals surface area contributed by atoms with E-state index in [1.54, 1.807) is 13.0 Å². The summed E-state index contributed by atoms with van der Waals surface area (Å²) >= 11 is 0. The highest BCUT2D eigenvalue weighted by atomic mass is 19.4. The summed E-state index contributed by atoms with van der Waals surface area (Å²) in [5.41, 5.74) is 0.483. The van der Waals surface area contributed by atoms with Crippen molar-refractivity contribution in [2.45, 2.75) is 45.7 Å². The topological polar surface area (TPSA) is 50.4 Å². The molecule has 0 aliphatic rings. The third-order valence-corrected chi connectivity index (χ3v) is 3.78. The zero-order chi connectivity index (χ0) is 20.0. The van der Waals surface area contributed by atoms with Crippen molar-refractivity contribution in [1.29, 1.82) is 0 Å². The lowest BCUT2D eigenvalue weighted by molar-refractivity contribution is -0.137. The maximum Gasteiger partial charge on any atom is 0.418 e. The molecule has 0 fully saturated rings. The highest BCUT2D eigenvalue weighted by Gasteiger charge is 2.33. The zero-order valence-corrected chi connectivity index (χ0v) is 15.4. The van der Waals surface area contributed by atoms with Gasteiger partial charge < -0.3 is 15.4 Å². The van der Waals surface area contributed by atoms with Gasteiger partial charge in [0.1, 0.15) is 6.04 Å². The second kappa shape index (κ2) is 8.90. The minimum Gasteiger partial charge on any atom is -0.374 e. The number of ether oxygens (including phenoxy) is 1. The minimum atomic E-state index is -4.54. The molecule has 2 N–H and O–H groups in total. The Bertz CT molecular complexity index is 776. The molecule has 1 atom stereocenters. The highest BCUT2D eigenvalue weighted by molar-refractivity contribution is 5.96. The van der Waals surface area contributed by atoms with Gasteiger partial charge in [-0.25, -0.2) is 0 Å².